The molecule has 1 rings (SSSR count). The van der Waals surface area contributed by atoms with E-state index in [1.807, 2.05) is 25.1 Å². The van der Waals surface area contributed by atoms with Gasteiger partial charge in [0.25, 0.3) is 0 Å². The standard InChI is InChI=1S/C11H14BrNO2/c1-7-3-4-9(12)10(5-7)13-6-8(2)11(14)15/h3-5,8,13H,6H2,1-2H3,(H,14,15). The van der Waals surface area contributed by atoms with E-state index in [2.05, 4.69) is 21.2 Å². The van der Waals surface area contributed by atoms with Gasteiger partial charge in [-0.3, -0.25) is 4.79 Å². The molecule has 2 N–H and O–H groups in total. The molecule has 0 heterocycles. The van der Waals surface area contributed by atoms with Crippen LogP contribution in [0.3, 0.4) is 0 Å². The number of hydrogen-bond acceptors (Lipinski definition) is 2. The maximum absolute atomic E-state index is 10.6. The second kappa shape index (κ2) is 5.16. The SMILES string of the molecule is Cc1ccc(Br)c(NCC(C)C(=O)O)c1. The van der Waals surface area contributed by atoms with Gasteiger partial charge in [-0.1, -0.05) is 13.0 Å². The molecule has 0 aliphatic carbocycles. The molecule has 0 saturated heterocycles. The van der Waals surface area contributed by atoms with Crippen LogP contribution in [-0.4, -0.2) is 17.6 Å². The fourth-order valence-electron chi connectivity index (χ4n) is 1.12. The van der Waals surface area contributed by atoms with Crippen molar-refractivity contribution in [3.63, 3.8) is 0 Å². The zero-order chi connectivity index (χ0) is 11.4. The number of carboxylic acid groups (broad SMARTS) is 1. The van der Waals surface area contributed by atoms with Crippen molar-refractivity contribution >= 4 is 27.6 Å². The van der Waals surface area contributed by atoms with E-state index in [0.29, 0.717) is 6.54 Å². The lowest BCUT2D eigenvalue weighted by atomic mass is 10.1. The minimum absolute atomic E-state index is 0.391. The van der Waals surface area contributed by atoms with Crippen molar-refractivity contribution in [3.05, 3.63) is 28.2 Å². The third-order valence-electron chi connectivity index (χ3n) is 2.14. The van der Waals surface area contributed by atoms with Crippen LogP contribution in [0.15, 0.2) is 22.7 Å². The first kappa shape index (κ1) is 12.0. The largest absolute Gasteiger partial charge is 0.481 e. The summed E-state index contributed by atoms with van der Waals surface area (Å²) in [4.78, 5) is 10.6. The van der Waals surface area contributed by atoms with Crippen LogP contribution in [0, 0.1) is 12.8 Å². The Morgan fingerprint density at radius 3 is 2.87 bits per heavy atom. The molecule has 1 aromatic rings. The first-order valence-corrected chi connectivity index (χ1v) is 5.53. The molecule has 82 valence electrons. The summed E-state index contributed by atoms with van der Waals surface area (Å²) in [5.74, 6) is -1.18. The summed E-state index contributed by atoms with van der Waals surface area (Å²) in [6, 6.07) is 5.93. The Morgan fingerprint density at radius 1 is 1.60 bits per heavy atom. The van der Waals surface area contributed by atoms with Gasteiger partial charge < -0.3 is 10.4 Å². The summed E-state index contributed by atoms with van der Waals surface area (Å²) in [5.41, 5.74) is 2.08. The predicted octanol–water partition coefficient (Wildman–Crippen LogP) is 2.89. The first-order chi connectivity index (χ1) is 7.00. The number of benzene rings is 1. The fraction of sp³-hybridized carbons (Fsp3) is 0.364. The lowest BCUT2D eigenvalue weighted by Crippen LogP contribution is -2.19. The van der Waals surface area contributed by atoms with Crippen molar-refractivity contribution in [2.75, 3.05) is 11.9 Å². The van der Waals surface area contributed by atoms with Crippen molar-refractivity contribution in [1.82, 2.24) is 0 Å². The number of nitrogens with one attached hydrogen (secondary N) is 1. The minimum Gasteiger partial charge on any atom is -0.481 e. The second-order valence-corrected chi connectivity index (χ2v) is 4.46. The number of anilines is 1. The molecule has 15 heavy (non-hydrogen) atoms. The van der Waals surface area contributed by atoms with Gasteiger partial charge in [-0.15, -0.1) is 0 Å². The molecule has 0 fully saturated rings. The van der Waals surface area contributed by atoms with Gasteiger partial charge in [0.15, 0.2) is 0 Å². The van der Waals surface area contributed by atoms with Gasteiger partial charge in [0, 0.05) is 16.7 Å². The van der Waals surface area contributed by atoms with Gasteiger partial charge in [-0.25, -0.2) is 0 Å². The predicted molar refractivity (Wildman–Crippen MR) is 64.2 cm³/mol. The Balaban J connectivity index is 2.65. The molecule has 0 saturated carbocycles. The Kier molecular flexibility index (Phi) is 4.15. The highest BCUT2D eigenvalue weighted by Gasteiger charge is 2.10. The lowest BCUT2D eigenvalue weighted by Gasteiger charge is -2.11. The molecule has 4 heteroatoms. The molecule has 0 bridgehead atoms. The zero-order valence-corrected chi connectivity index (χ0v) is 10.3. The molecule has 1 aromatic carbocycles. The van der Waals surface area contributed by atoms with E-state index in [9.17, 15) is 4.79 Å². The highest BCUT2D eigenvalue weighted by molar-refractivity contribution is 9.10. The van der Waals surface area contributed by atoms with Gasteiger partial charge in [0.2, 0.25) is 0 Å². The van der Waals surface area contributed by atoms with Crippen molar-refractivity contribution in [3.8, 4) is 0 Å². The van der Waals surface area contributed by atoms with Gasteiger partial charge >= 0.3 is 5.97 Å². The van der Waals surface area contributed by atoms with E-state index in [0.717, 1.165) is 15.7 Å². The van der Waals surface area contributed by atoms with Gasteiger partial charge in [0.1, 0.15) is 0 Å². The third kappa shape index (κ3) is 3.55. The molecule has 0 aromatic heterocycles. The molecule has 0 radical (unpaired) electrons. The Morgan fingerprint density at radius 2 is 2.27 bits per heavy atom. The summed E-state index contributed by atoms with van der Waals surface area (Å²) in [5, 5.41) is 11.8. The van der Waals surface area contributed by atoms with Crippen LogP contribution in [-0.2, 0) is 4.79 Å². The van der Waals surface area contributed by atoms with Gasteiger partial charge in [-0.2, -0.15) is 0 Å². The summed E-state index contributed by atoms with van der Waals surface area (Å²) >= 11 is 3.41. The van der Waals surface area contributed by atoms with Crippen molar-refractivity contribution in [1.29, 1.82) is 0 Å². The van der Waals surface area contributed by atoms with E-state index >= 15 is 0 Å². The summed E-state index contributed by atoms with van der Waals surface area (Å²) in [7, 11) is 0. The van der Waals surface area contributed by atoms with Crippen LogP contribution in [0.2, 0.25) is 0 Å². The quantitative estimate of drug-likeness (QED) is 0.886. The van der Waals surface area contributed by atoms with Crippen LogP contribution < -0.4 is 5.32 Å². The average molecular weight is 272 g/mol. The number of aryl methyl sites for hydroxylation is 1. The Hall–Kier alpha value is -1.03. The normalized spacial score (nSPS) is 12.2. The fourth-order valence-corrected chi connectivity index (χ4v) is 1.51. The second-order valence-electron chi connectivity index (χ2n) is 3.60. The number of carboxylic acids is 1. The number of halogens is 1. The summed E-state index contributed by atoms with van der Waals surface area (Å²) < 4.78 is 0.950. The average Bonchev–Trinajstić information content (AvgIpc) is 2.18. The van der Waals surface area contributed by atoms with E-state index < -0.39 is 11.9 Å². The smallest absolute Gasteiger partial charge is 0.308 e. The van der Waals surface area contributed by atoms with Crippen molar-refractivity contribution < 1.29 is 9.90 Å². The van der Waals surface area contributed by atoms with E-state index in [4.69, 9.17) is 5.11 Å². The molecule has 1 atom stereocenters. The molecule has 0 aliphatic rings. The number of hydrogen-bond donors (Lipinski definition) is 2. The van der Waals surface area contributed by atoms with Crippen LogP contribution in [0.5, 0.6) is 0 Å². The number of rotatable bonds is 4. The number of carbonyl (C=O) groups is 1. The Bertz CT molecular complexity index is 366. The highest BCUT2D eigenvalue weighted by Crippen LogP contribution is 2.23. The Labute approximate surface area is 97.6 Å². The molecule has 3 nitrogen and oxygen atoms in total. The van der Waals surface area contributed by atoms with E-state index in [1.54, 1.807) is 6.92 Å². The maximum atomic E-state index is 10.6. The zero-order valence-electron chi connectivity index (χ0n) is 8.75. The van der Waals surface area contributed by atoms with Crippen LogP contribution in [0.4, 0.5) is 5.69 Å². The lowest BCUT2D eigenvalue weighted by molar-refractivity contribution is -0.140. The molecule has 1 unspecified atom stereocenters. The summed E-state index contributed by atoms with van der Waals surface area (Å²) in [6.45, 7) is 4.11. The maximum Gasteiger partial charge on any atom is 0.308 e. The van der Waals surface area contributed by atoms with Gasteiger partial charge in [-0.05, 0) is 40.5 Å². The van der Waals surface area contributed by atoms with Crippen molar-refractivity contribution in [2.24, 2.45) is 5.92 Å². The molecular formula is C11H14BrNO2. The topological polar surface area (TPSA) is 49.3 Å². The monoisotopic (exact) mass is 271 g/mol. The van der Waals surface area contributed by atoms with Crippen LogP contribution in [0.1, 0.15) is 12.5 Å². The highest BCUT2D eigenvalue weighted by atomic mass is 79.9. The van der Waals surface area contributed by atoms with Crippen LogP contribution in [0.25, 0.3) is 0 Å². The van der Waals surface area contributed by atoms with Gasteiger partial charge in [0.05, 0.1) is 5.92 Å². The summed E-state index contributed by atoms with van der Waals surface area (Å²) in [6.07, 6.45) is 0. The first-order valence-electron chi connectivity index (χ1n) is 4.73. The molecule has 0 aliphatic heterocycles. The molecular weight excluding hydrogens is 258 g/mol. The number of aliphatic carboxylic acids is 1. The third-order valence-corrected chi connectivity index (χ3v) is 2.83. The minimum atomic E-state index is -0.786. The van der Waals surface area contributed by atoms with E-state index in [-0.39, 0.29) is 0 Å². The van der Waals surface area contributed by atoms with E-state index in [1.165, 1.54) is 0 Å². The molecule has 0 spiro atoms. The van der Waals surface area contributed by atoms with Crippen molar-refractivity contribution in [2.45, 2.75) is 13.8 Å². The van der Waals surface area contributed by atoms with Crippen LogP contribution >= 0.6 is 15.9 Å². The molecule has 0 amide bonds.